The Kier molecular flexibility index (Phi) is 5.76. The van der Waals surface area contributed by atoms with E-state index in [-0.39, 0.29) is 5.92 Å². The molecule has 1 saturated heterocycles. The summed E-state index contributed by atoms with van der Waals surface area (Å²) in [5.74, 6) is -0.552. The van der Waals surface area contributed by atoms with Crippen LogP contribution in [0.2, 0.25) is 0 Å². The first-order valence-corrected chi connectivity index (χ1v) is 7.81. The fourth-order valence-electron chi connectivity index (χ4n) is 3.10. The Morgan fingerprint density at radius 1 is 1.43 bits per heavy atom. The van der Waals surface area contributed by atoms with Gasteiger partial charge in [0.1, 0.15) is 6.10 Å². The van der Waals surface area contributed by atoms with Crippen LogP contribution in [0, 0.1) is 12.8 Å². The zero-order chi connectivity index (χ0) is 15.2. The summed E-state index contributed by atoms with van der Waals surface area (Å²) in [4.78, 5) is 13.4. The quantitative estimate of drug-likeness (QED) is 0.834. The lowest BCUT2D eigenvalue weighted by Gasteiger charge is -2.33. The maximum absolute atomic E-state index is 11.0. The molecule has 1 aromatic carbocycles. The van der Waals surface area contributed by atoms with Crippen molar-refractivity contribution in [1.82, 2.24) is 4.90 Å². The van der Waals surface area contributed by atoms with E-state index in [0.29, 0.717) is 0 Å². The molecule has 4 nitrogen and oxygen atoms in total. The van der Waals surface area contributed by atoms with Gasteiger partial charge in [-0.15, -0.1) is 0 Å². The largest absolute Gasteiger partial charge is 0.383 e. The second kappa shape index (κ2) is 7.57. The molecule has 4 heteroatoms. The van der Waals surface area contributed by atoms with Gasteiger partial charge in [-0.25, -0.2) is 0 Å². The summed E-state index contributed by atoms with van der Waals surface area (Å²) in [6, 6.07) is 8.66. The molecule has 0 aliphatic carbocycles. The van der Waals surface area contributed by atoms with Gasteiger partial charge in [0.15, 0.2) is 0 Å². The number of primary amides is 1. The number of carbonyl (C=O) groups excluding carboxylic acids is 1. The Balaban J connectivity index is 1.68. The molecule has 1 aromatic rings. The Morgan fingerprint density at radius 3 is 2.76 bits per heavy atom. The molecule has 1 fully saturated rings. The third-order valence-electron chi connectivity index (χ3n) is 4.39. The highest BCUT2D eigenvalue weighted by molar-refractivity contribution is 5.78. The average Bonchev–Trinajstić information content (AvgIpc) is 2.47. The van der Waals surface area contributed by atoms with Crippen LogP contribution in [0.1, 0.15) is 30.4 Å². The van der Waals surface area contributed by atoms with Gasteiger partial charge in [-0.2, -0.15) is 0 Å². The van der Waals surface area contributed by atoms with E-state index in [1.165, 1.54) is 11.1 Å². The second-order valence-electron chi connectivity index (χ2n) is 6.12. The number of aryl methyl sites for hydroxylation is 2. The fourth-order valence-corrected chi connectivity index (χ4v) is 3.10. The zero-order valence-electron chi connectivity index (χ0n) is 12.8. The highest BCUT2D eigenvalue weighted by Crippen LogP contribution is 2.21. The number of piperidine rings is 1. The second-order valence-corrected chi connectivity index (χ2v) is 6.12. The van der Waals surface area contributed by atoms with E-state index < -0.39 is 12.0 Å². The van der Waals surface area contributed by atoms with Gasteiger partial charge in [-0.05, 0) is 63.7 Å². The van der Waals surface area contributed by atoms with Crippen LogP contribution in [0.25, 0.3) is 0 Å². The van der Waals surface area contributed by atoms with E-state index in [1.54, 1.807) is 0 Å². The van der Waals surface area contributed by atoms with Crippen LogP contribution in [0.15, 0.2) is 24.3 Å². The van der Waals surface area contributed by atoms with Crippen LogP contribution in [0.4, 0.5) is 0 Å². The Bertz CT molecular complexity index is 468. The summed E-state index contributed by atoms with van der Waals surface area (Å²) >= 11 is 0. The predicted octanol–water partition coefficient (Wildman–Crippen LogP) is 1.49. The first-order valence-electron chi connectivity index (χ1n) is 7.81. The normalized spacial score (nSPS) is 18.6. The van der Waals surface area contributed by atoms with Crippen molar-refractivity contribution in [1.29, 1.82) is 0 Å². The number of carbonyl (C=O) groups is 1. The minimum atomic E-state index is -0.973. The van der Waals surface area contributed by atoms with Gasteiger partial charge in [0, 0.05) is 0 Å². The third-order valence-corrected chi connectivity index (χ3v) is 4.39. The van der Waals surface area contributed by atoms with Gasteiger partial charge in [0.05, 0.1) is 0 Å². The summed E-state index contributed by atoms with van der Waals surface area (Å²) in [5.41, 5.74) is 7.87. The number of nitrogens with two attached hydrogens (primary N) is 1. The molecular formula is C17H26N2O2. The smallest absolute Gasteiger partial charge is 0.246 e. The summed E-state index contributed by atoms with van der Waals surface area (Å²) in [7, 11) is 0. The minimum absolute atomic E-state index is 0.0375. The molecule has 21 heavy (non-hydrogen) atoms. The Labute approximate surface area is 126 Å². The number of amides is 1. The molecule has 1 amide bonds. The number of hydrogen-bond donors (Lipinski definition) is 2. The van der Waals surface area contributed by atoms with Gasteiger partial charge >= 0.3 is 0 Å². The van der Waals surface area contributed by atoms with Crippen molar-refractivity contribution in [3.8, 4) is 0 Å². The molecule has 1 aliphatic heterocycles. The number of rotatable bonds is 6. The van der Waals surface area contributed by atoms with E-state index in [1.807, 2.05) is 0 Å². The van der Waals surface area contributed by atoms with Crippen molar-refractivity contribution >= 4 is 5.91 Å². The average molecular weight is 290 g/mol. The molecule has 1 unspecified atom stereocenters. The van der Waals surface area contributed by atoms with Crippen LogP contribution >= 0.6 is 0 Å². The lowest BCUT2D eigenvalue weighted by molar-refractivity contribution is -0.129. The summed E-state index contributed by atoms with van der Waals surface area (Å²) in [5, 5.41) is 9.70. The summed E-state index contributed by atoms with van der Waals surface area (Å²) in [6.07, 6.45) is 2.99. The van der Waals surface area contributed by atoms with Gasteiger partial charge in [-0.3, -0.25) is 4.79 Å². The molecule has 0 aromatic heterocycles. The number of aliphatic hydroxyl groups excluding tert-OH is 1. The molecule has 1 atom stereocenters. The van der Waals surface area contributed by atoms with E-state index in [0.717, 1.165) is 45.3 Å². The highest BCUT2D eigenvalue weighted by Gasteiger charge is 2.28. The van der Waals surface area contributed by atoms with Crippen LogP contribution in [0.5, 0.6) is 0 Å². The summed E-state index contributed by atoms with van der Waals surface area (Å²) in [6.45, 7) is 5.09. The van der Waals surface area contributed by atoms with Crippen molar-refractivity contribution in [2.75, 3.05) is 19.6 Å². The van der Waals surface area contributed by atoms with Crippen molar-refractivity contribution in [3.05, 3.63) is 35.4 Å². The fraction of sp³-hybridized carbons (Fsp3) is 0.588. The minimum Gasteiger partial charge on any atom is -0.383 e. The summed E-state index contributed by atoms with van der Waals surface area (Å²) < 4.78 is 0. The van der Waals surface area contributed by atoms with Crippen molar-refractivity contribution in [3.63, 3.8) is 0 Å². The van der Waals surface area contributed by atoms with Crippen molar-refractivity contribution < 1.29 is 9.90 Å². The number of aliphatic hydroxyl groups is 1. The van der Waals surface area contributed by atoms with Crippen molar-refractivity contribution in [2.45, 2.75) is 38.7 Å². The number of nitrogens with zero attached hydrogens (tertiary/aromatic N) is 1. The van der Waals surface area contributed by atoms with E-state index in [9.17, 15) is 9.90 Å². The molecule has 1 heterocycles. The van der Waals surface area contributed by atoms with Crippen LogP contribution in [-0.4, -0.2) is 41.7 Å². The molecule has 3 N–H and O–H groups in total. The van der Waals surface area contributed by atoms with Gasteiger partial charge < -0.3 is 15.7 Å². The molecule has 1 aliphatic rings. The maximum Gasteiger partial charge on any atom is 0.246 e. The lowest BCUT2D eigenvalue weighted by atomic mass is 9.91. The van der Waals surface area contributed by atoms with Crippen LogP contribution < -0.4 is 5.73 Å². The molecule has 0 spiro atoms. The monoisotopic (exact) mass is 290 g/mol. The lowest BCUT2D eigenvalue weighted by Crippen LogP contribution is -2.43. The number of hydrogen-bond acceptors (Lipinski definition) is 3. The zero-order valence-corrected chi connectivity index (χ0v) is 12.8. The molecular weight excluding hydrogens is 264 g/mol. The third kappa shape index (κ3) is 4.83. The Morgan fingerprint density at radius 2 is 2.14 bits per heavy atom. The molecule has 2 rings (SSSR count). The van der Waals surface area contributed by atoms with E-state index in [2.05, 4.69) is 36.1 Å². The standard InChI is InChI=1S/C17H26N2O2/c1-13-4-2-5-14(12-13)6-3-9-19-10-7-15(8-11-19)16(20)17(18)21/h2,4-5,12,15-16,20H,3,6-11H2,1H3,(H2,18,21). The molecule has 116 valence electrons. The van der Waals surface area contributed by atoms with Crippen molar-refractivity contribution in [2.24, 2.45) is 11.7 Å². The molecule has 0 saturated carbocycles. The molecule has 0 radical (unpaired) electrons. The molecule has 0 bridgehead atoms. The highest BCUT2D eigenvalue weighted by atomic mass is 16.3. The van der Waals surface area contributed by atoms with Gasteiger partial charge in [-0.1, -0.05) is 29.8 Å². The first-order chi connectivity index (χ1) is 10.1. The first kappa shape index (κ1) is 16.0. The van der Waals surface area contributed by atoms with Gasteiger partial charge in [0.2, 0.25) is 5.91 Å². The van der Waals surface area contributed by atoms with Gasteiger partial charge in [0.25, 0.3) is 0 Å². The van der Waals surface area contributed by atoms with E-state index >= 15 is 0 Å². The van der Waals surface area contributed by atoms with Crippen LogP contribution in [-0.2, 0) is 11.2 Å². The number of likely N-dealkylation sites (tertiary alicyclic amines) is 1. The SMILES string of the molecule is Cc1cccc(CCCN2CCC(C(O)C(N)=O)CC2)c1. The van der Waals surface area contributed by atoms with Crippen LogP contribution in [0.3, 0.4) is 0 Å². The topological polar surface area (TPSA) is 66.6 Å². The predicted molar refractivity (Wildman–Crippen MR) is 83.9 cm³/mol. The Hall–Kier alpha value is -1.39. The van der Waals surface area contributed by atoms with E-state index in [4.69, 9.17) is 5.73 Å². The maximum atomic E-state index is 11.0. The number of benzene rings is 1.